The summed E-state index contributed by atoms with van der Waals surface area (Å²) < 4.78 is 0. The molecule has 0 fully saturated rings. The highest BCUT2D eigenvalue weighted by Gasteiger charge is 2.23. The molecule has 2 aliphatic rings. The van der Waals surface area contributed by atoms with Gasteiger partial charge in [0.15, 0.2) is 11.3 Å². The van der Waals surface area contributed by atoms with Crippen LogP contribution < -0.4 is 26.9 Å². The van der Waals surface area contributed by atoms with E-state index in [1.807, 2.05) is 24.3 Å². The van der Waals surface area contributed by atoms with Crippen molar-refractivity contribution in [1.82, 2.24) is 15.4 Å². The van der Waals surface area contributed by atoms with Crippen molar-refractivity contribution in [2.75, 3.05) is 10.7 Å². The van der Waals surface area contributed by atoms with E-state index in [1.165, 1.54) is 0 Å². The summed E-state index contributed by atoms with van der Waals surface area (Å²) >= 11 is 0. The van der Waals surface area contributed by atoms with Crippen LogP contribution in [0.15, 0.2) is 45.9 Å². The number of fused-ring (bicyclic) bond motifs is 4. The van der Waals surface area contributed by atoms with E-state index in [4.69, 9.17) is 5.73 Å². The third-order valence-electron chi connectivity index (χ3n) is 2.88. The SMILES string of the molecule is Nc1ncc2c(n1)=Nc1ccccc1N1N=NNC=21. The van der Waals surface area contributed by atoms with Gasteiger partial charge in [0.05, 0.1) is 16.6 Å². The smallest absolute Gasteiger partial charge is 0.222 e. The van der Waals surface area contributed by atoms with Gasteiger partial charge in [-0.15, -0.1) is 0 Å². The number of anilines is 2. The predicted octanol–water partition coefficient (Wildman–Crippen LogP) is -0.219. The summed E-state index contributed by atoms with van der Waals surface area (Å²) in [4.78, 5) is 12.7. The molecule has 0 atom stereocenters. The third kappa shape index (κ3) is 1.36. The summed E-state index contributed by atoms with van der Waals surface area (Å²) in [7, 11) is 0. The van der Waals surface area contributed by atoms with Gasteiger partial charge >= 0.3 is 0 Å². The monoisotopic (exact) mass is 252 g/mol. The average molecular weight is 252 g/mol. The number of para-hydroxylation sites is 2. The van der Waals surface area contributed by atoms with Crippen molar-refractivity contribution in [3.05, 3.63) is 41.2 Å². The van der Waals surface area contributed by atoms with Gasteiger partial charge in [0.25, 0.3) is 0 Å². The number of nitrogens with zero attached hydrogens (tertiary/aromatic N) is 6. The number of hydrogen-bond acceptors (Lipinski definition) is 8. The summed E-state index contributed by atoms with van der Waals surface area (Å²) in [5.74, 6) is 0.851. The Labute approximate surface area is 107 Å². The molecule has 19 heavy (non-hydrogen) atoms. The topological polar surface area (TPSA) is 104 Å². The van der Waals surface area contributed by atoms with E-state index in [2.05, 4.69) is 30.8 Å². The number of nitrogen functional groups attached to an aromatic ring is 1. The molecule has 3 heterocycles. The Balaban J connectivity index is 2.17. The van der Waals surface area contributed by atoms with Gasteiger partial charge in [0.2, 0.25) is 5.95 Å². The van der Waals surface area contributed by atoms with Crippen LogP contribution in [0.3, 0.4) is 0 Å². The fraction of sp³-hybridized carbons (Fsp3) is 0. The second-order valence-corrected chi connectivity index (χ2v) is 4.03. The first-order valence-electron chi connectivity index (χ1n) is 5.60. The van der Waals surface area contributed by atoms with Crippen LogP contribution in [0.4, 0.5) is 17.3 Å². The van der Waals surface area contributed by atoms with E-state index in [0.717, 1.165) is 11.4 Å². The normalized spacial score (nSPS) is 14.9. The van der Waals surface area contributed by atoms with Crippen molar-refractivity contribution >= 4 is 23.1 Å². The van der Waals surface area contributed by atoms with Crippen LogP contribution in [0.1, 0.15) is 0 Å². The molecule has 0 saturated heterocycles. The summed E-state index contributed by atoms with van der Waals surface area (Å²) in [6.45, 7) is 0. The van der Waals surface area contributed by atoms with E-state index in [-0.39, 0.29) is 5.95 Å². The molecule has 1 aromatic heterocycles. The van der Waals surface area contributed by atoms with Crippen LogP contribution >= 0.6 is 0 Å². The molecule has 1 aromatic carbocycles. The highest BCUT2D eigenvalue weighted by Crippen LogP contribution is 2.32. The van der Waals surface area contributed by atoms with Gasteiger partial charge < -0.3 is 5.73 Å². The van der Waals surface area contributed by atoms with Crippen molar-refractivity contribution < 1.29 is 0 Å². The molecule has 0 aliphatic carbocycles. The van der Waals surface area contributed by atoms with Gasteiger partial charge in [-0.05, 0) is 22.6 Å². The van der Waals surface area contributed by atoms with Crippen LogP contribution in [0.2, 0.25) is 0 Å². The molecule has 0 unspecified atom stereocenters. The van der Waals surface area contributed by atoms with E-state index in [1.54, 1.807) is 11.2 Å². The quantitative estimate of drug-likeness (QED) is 0.674. The zero-order valence-electron chi connectivity index (χ0n) is 9.65. The summed E-state index contributed by atoms with van der Waals surface area (Å²) in [5.41, 5.74) is 10.5. The molecule has 8 heteroatoms. The van der Waals surface area contributed by atoms with Gasteiger partial charge in [0, 0.05) is 6.20 Å². The van der Waals surface area contributed by atoms with Crippen molar-refractivity contribution in [3.63, 3.8) is 0 Å². The summed E-state index contributed by atoms with van der Waals surface area (Å²) in [6, 6.07) is 7.61. The van der Waals surface area contributed by atoms with Gasteiger partial charge in [-0.1, -0.05) is 12.1 Å². The number of nitrogens with one attached hydrogen (secondary N) is 1. The molecule has 2 aliphatic heterocycles. The second-order valence-electron chi connectivity index (χ2n) is 4.03. The lowest BCUT2D eigenvalue weighted by Gasteiger charge is -2.13. The molecule has 2 aromatic rings. The Morgan fingerprint density at radius 2 is 2.11 bits per heavy atom. The summed E-state index contributed by atoms with van der Waals surface area (Å²) in [6.07, 6.45) is 1.61. The largest absolute Gasteiger partial charge is 0.368 e. The standard InChI is InChI=1S/C11H8N8/c12-11-13-5-6-9(15-11)14-7-3-1-2-4-8(7)19-10(6)16-17-18-19/h1-5H,(H,16,18)(H2,12,14,15). The van der Waals surface area contributed by atoms with Crippen molar-refractivity contribution in [2.24, 2.45) is 15.4 Å². The molecule has 0 bridgehead atoms. The lowest BCUT2D eigenvalue weighted by atomic mass is 10.2. The third-order valence-corrected chi connectivity index (χ3v) is 2.88. The Hall–Kier alpha value is -3.03. The van der Waals surface area contributed by atoms with E-state index < -0.39 is 0 Å². The van der Waals surface area contributed by atoms with E-state index in [9.17, 15) is 0 Å². The van der Waals surface area contributed by atoms with E-state index >= 15 is 0 Å². The van der Waals surface area contributed by atoms with Crippen molar-refractivity contribution in [1.29, 1.82) is 0 Å². The first kappa shape index (κ1) is 9.95. The molecule has 8 nitrogen and oxygen atoms in total. The minimum absolute atomic E-state index is 0.181. The highest BCUT2D eigenvalue weighted by atomic mass is 15.7. The minimum atomic E-state index is 0.181. The molecule has 0 radical (unpaired) electrons. The zero-order chi connectivity index (χ0) is 12.8. The Morgan fingerprint density at radius 3 is 3.05 bits per heavy atom. The molecule has 92 valence electrons. The van der Waals surface area contributed by atoms with Crippen LogP contribution in [0, 0.1) is 0 Å². The number of rotatable bonds is 0. The van der Waals surface area contributed by atoms with Gasteiger partial charge in [-0.3, -0.25) is 0 Å². The second kappa shape index (κ2) is 3.48. The fourth-order valence-electron chi connectivity index (χ4n) is 2.04. The molecule has 4 rings (SSSR count). The van der Waals surface area contributed by atoms with Crippen LogP contribution in [-0.2, 0) is 0 Å². The average Bonchev–Trinajstić information content (AvgIpc) is 2.84. The number of nitrogens with two attached hydrogens (primary N) is 1. The van der Waals surface area contributed by atoms with Crippen molar-refractivity contribution in [2.45, 2.75) is 0 Å². The maximum Gasteiger partial charge on any atom is 0.222 e. The predicted molar refractivity (Wildman–Crippen MR) is 67.2 cm³/mol. The first-order valence-corrected chi connectivity index (χ1v) is 5.60. The minimum Gasteiger partial charge on any atom is -0.368 e. The molecule has 0 spiro atoms. The molecule has 3 N–H and O–H groups in total. The maximum absolute atomic E-state index is 5.62. The van der Waals surface area contributed by atoms with Crippen LogP contribution in [0.25, 0.3) is 5.82 Å². The van der Waals surface area contributed by atoms with E-state index in [0.29, 0.717) is 16.5 Å². The molecule has 0 amide bonds. The van der Waals surface area contributed by atoms with Gasteiger partial charge in [-0.25, -0.2) is 15.4 Å². The first-order chi connectivity index (χ1) is 9.33. The molecular formula is C11H8N8. The molecular weight excluding hydrogens is 244 g/mol. The Morgan fingerprint density at radius 1 is 1.21 bits per heavy atom. The van der Waals surface area contributed by atoms with Gasteiger partial charge in [0.1, 0.15) is 0 Å². The lowest BCUT2D eigenvalue weighted by molar-refractivity contribution is 0.938. The maximum atomic E-state index is 5.62. The highest BCUT2D eigenvalue weighted by molar-refractivity contribution is 5.77. The van der Waals surface area contributed by atoms with Crippen LogP contribution in [-0.4, -0.2) is 9.97 Å². The zero-order valence-corrected chi connectivity index (χ0v) is 9.65. The van der Waals surface area contributed by atoms with Crippen molar-refractivity contribution in [3.8, 4) is 0 Å². The lowest BCUT2D eigenvalue weighted by Crippen LogP contribution is -2.36. The molecule has 0 saturated carbocycles. The Bertz CT molecular complexity index is 825. The summed E-state index contributed by atoms with van der Waals surface area (Å²) in [5, 5.41) is 10.2. The number of hydrogen-bond donors (Lipinski definition) is 2. The number of aromatic nitrogens is 2. The fourth-order valence-corrected chi connectivity index (χ4v) is 2.04. The number of benzene rings is 1. The van der Waals surface area contributed by atoms with Gasteiger partial charge in [-0.2, -0.15) is 9.99 Å². The van der Waals surface area contributed by atoms with Crippen LogP contribution in [0.5, 0.6) is 0 Å². The Kier molecular flexibility index (Phi) is 1.82.